The van der Waals surface area contributed by atoms with Gasteiger partial charge >= 0.3 is 7.82 Å². The summed E-state index contributed by atoms with van der Waals surface area (Å²) in [6.07, 6.45) is -5.49. The van der Waals surface area contributed by atoms with Crippen molar-refractivity contribution in [2.24, 2.45) is 0 Å². The Morgan fingerprint density at radius 2 is 2.27 bits per heavy atom. The van der Waals surface area contributed by atoms with Crippen molar-refractivity contribution in [3.05, 3.63) is 27.4 Å². The van der Waals surface area contributed by atoms with E-state index in [0.29, 0.717) is 0 Å². The number of H-pyrrole nitrogens is 1. The van der Waals surface area contributed by atoms with Gasteiger partial charge in [-0.25, -0.2) is 8.96 Å². The Morgan fingerprint density at radius 1 is 1.64 bits per heavy atom. The van der Waals surface area contributed by atoms with Gasteiger partial charge < -0.3 is 24.7 Å². The molecule has 0 aliphatic carbocycles. The van der Waals surface area contributed by atoms with Crippen molar-refractivity contribution in [3.63, 3.8) is 0 Å². The molecule has 5 N–H and O–H groups in total. The maximum Gasteiger partial charge on any atom is 0.469 e. The quantitative estimate of drug-likeness (QED) is 0.333. The lowest BCUT2D eigenvalue weighted by Gasteiger charge is -2.22. The third kappa shape index (κ3) is 3.50. The Balaban J connectivity index is 2.44. The van der Waals surface area contributed by atoms with Gasteiger partial charge in [0.1, 0.15) is 18.8 Å². The summed E-state index contributed by atoms with van der Waals surface area (Å²) >= 11 is 4.79. The van der Waals surface area contributed by atoms with Gasteiger partial charge in [-0.15, -0.1) is 0 Å². The molecule has 1 aliphatic heterocycles. The third-order valence-corrected chi connectivity index (χ3v) is 3.36. The van der Waals surface area contributed by atoms with Crippen LogP contribution in [0, 0.1) is 4.77 Å². The van der Waals surface area contributed by atoms with Crippen molar-refractivity contribution in [3.8, 4) is 0 Å². The minimum Gasteiger partial charge on any atom is -0.385 e. The van der Waals surface area contributed by atoms with Gasteiger partial charge in [0.05, 0.1) is 2.74 Å². The van der Waals surface area contributed by atoms with E-state index >= 15 is 0 Å². The van der Waals surface area contributed by atoms with Crippen molar-refractivity contribution >= 4 is 20.0 Å². The highest BCUT2D eigenvalue weighted by Gasteiger charge is 2.56. The molecule has 0 bridgehead atoms. The lowest BCUT2D eigenvalue weighted by atomic mass is 10.1. The summed E-state index contributed by atoms with van der Waals surface area (Å²) in [5.41, 5.74) is -0.615. The first-order chi connectivity index (χ1) is 10.8. The van der Waals surface area contributed by atoms with Gasteiger partial charge in [0, 0.05) is 12.3 Å². The molecule has 0 saturated carbocycles. The van der Waals surface area contributed by atoms with Crippen molar-refractivity contribution in [1.82, 2.24) is 9.55 Å². The SMILES string of the molecule is [2H]C([2H])(OP(=O)(O)O)[C@@]1(F)O[C@@H](n2ccc(=O)[nH]c2=S)[C@H](O)[C@@H]1O. The van der Waals surface area contributed by atoms with E-state index in [1.54, 1.807) is 0 Å². The number of phosphoric ester groups is 1. The van der Waals surface area contributed by atoms with Crippen molar-refractivity contribution < 1.29 is 41.0 Å². The van der Waals surface area contributed by atoms with E-state index in [0.717, 1.165) is 16.8 Å². The summed E-state index contributed by atoms with van der Waals surface area (Å²) in [6.45, 7) is -3.83. The number of hydrogen-bond donors (Lipinski definition) is 5. The lowest BCUT2D eigenvalue weighted by molar-refractivity contribution is -0.204. The minimum absolute atomic E-state index is 0.334. The predicted molar refractivity (Wildman–Crippen MR) is 69.9 cm³/mol. The number of aliphatic hydroxyl groups is 2. The van der Waals surface area contributed by atoms with Crippen LogP contribution >= 0.6 is 20.0 Å². The molecule has 0 unspecified atom stereocenters. The van der Waals surface area contributed by atoms with Gasteiger partial charge in [-0.3, -0.25) is 18.9 Å². The average Bonchev–Trinajstić information content (AvgIpc) is 2.62. The molecular weight excluding hydrogens is 346 g/mol. The number of phosphoric acid groups is 1. The molecule has 0 aromatic carbocycles. The molecule has 1 saturated heterocycles. The first-order valence-corrected chi connectivity index (χ1v) is 7.53. The molecule has 1 aliphatic rings. The number of alkyl halides is 1. The molecule has 10 nitrogen and oxygen atoms in total. The van der Waals surface area contributed by atoms with Crippen LogP contribution in [0.3, 0.4) is 0 Å². The molecule has 124 valence electrons. The highest BCUT2D eigenvalue weighted by atomic mass is 32.1. The number of aromatic nitrogens is 2. The number of nitrogens with zero attached hydrogens (tertiary/aromatic N) is 1. The lowest BCUT2D eigenvalue weighted by Crippen LogP contribution is -2.42. The zero-order valence-electron chi connectivity index (χ0n) is 12.5. The molecule has 22 heavy (non-hydrogen) atoms. The molecule has 13 heteroatoms. The van der Waals surface area contributed by atoms with Gasteiger partial charge in [0.2, 0.25) is 0 Å². The van der Waals surface area contributed by atoms with Crippen LogP contribution in [0.5, 0.6) is 0 Å². The van der Waals surface area contributed by atoms with Gasteiger partial charge in [-0.05, 0) is 12.2 Å². The summed E-state index contributed by atoms with van der Waals surface area (Å²) in [5, 5.41) is 19.7. The van der Waals surface area contributed by atoms with Crippen LogP contribution in [0.1, 0.15) is 8.97 Å². The van der Waals surface area contributed by atoms with Crippen molar-refractivity contribution in [1.29, 1.82) is 0 Å². The molecule has 1 aromatic rings. The fraction of sp³-hybridized carbons (Fsp3) is 0.556. The van der Waals surface area contributed by atoms with Crippen LogP contribution in [0.4, 0.5) is 4.39 Å². The van der Waals surface area contributed by atoms with Crippen LogP contribution < -0.4 is 5.56 Å². The van der Waals surface area contributed by atoms with Crippen LogP contribution in [0.15, 0.2) is 17.1 Å². The summed E-state index contributed by atoms with van der Waals surface area (Å²) in [4.78, 5) is 30.6. The summed E-state index contributed by atoms with van der Waals surface area (Å²) in [7, 11) is -5.50. The van der Waals surface area contributed by atoms with E-state index < -0.39 is 44.2 Å². The zero-order chi connectivity index (χ0) is 18.5. The predicted octanol–water partition coefficient (Wildman–Crippen LogP) is -1.07. The first-order valence-electron chi connectivity index (χ1n) is 6.59. The molecule has 0 spiro atoms. The number of hydrogen-bond acceptors (Lipinski definition) is 7. The molecule has 0 amide bonds. The summed E-state index contributed by atoms with van der Waals surface area (Å²) < 4.78 is 49.1. The number of nitrogens with one attached hydrogen (secondary N) is 1. The Labute approximate surface area is 129 Å². The highest BCUT2D eigenvalue weighted by Crippen LogP contribution is 2.43. The second-order valence-electron chi connectivity index (χ2n) is 4.29. The highest BCUT2D eigenvalue weighted by molar-refractivity contribution is 7.71. The smallest absolute Gasteiger partial charge is 0.385 e. The monoisotopic (exact) mass is 360 g/mol. The van der Waals surface area contributed by atoms with Gasteiger partial charge in [0.15, 0.2) is 11.0 Å². The topological polar surface area (TPSA) is 154 Å². The number of halogens is 1. The van der Waals surface area contributed by atoms with Crippen LogP contribution in [-0.4, -0.2) is 54.2 Å². The van der Waals surface area contributed by atoms with Crippen molar-refractivity contribution in [2.75, 3.05) is 6.56 Å². The molecule has 4 atom stereocenters. The van der Waals surface area contributed by atoms with E-state index in [4.69, 9.17) is 24.7 Å². The first kappa shape index (κ1) is 14.6. The molecule has 1 aromatic heterocycles. The Bertz CT molecular complexity index is 798. The maximum absolute atomic E-state index is 14.8. The van der Waals surface area contributed by atoms with Crippen LogP contribution in [0.25, 0.3) is 0 Å². The van der Waals surface area contributed by atoms with E-state index in [-0.39, 0.29) is 4.77 Å². The molecule has 1 fully saturated rings. The number of aliphatic hydroxyl groups excluding tert-OH is 2. The molecule has 2 rings (SSSR count). The number of rotatable bonds is 4. The minimum atomic E-state index is -5.50. The van der Waals surface area contributed by atoms with Crippen LogP contribution in [0.2, 0.25) is 0 Å². The standard InChI is InChI=1S/C9H12FN2O8PS/c10-9(3-19-21(16,17)18)6(15)5(14)7(20-9)12-2-1-4(13)11-8(12)22/h1-2,5-7,14-15H,3H2,(H,11,13,22)(H2,16,17,18)/t5-,6+,7-,9-/m1/s1/i3D2. The zero-order valence-corrected chi connectivity index (χ0v) is 12.2. The Morgan fingerprint density at radius 3 is 2.82 bits per heavy atom. The molecular formula is C9H12FN2O8PS. The van der Waals surface area contributed by atoms with E-state index in [2.05, 4.69) is 14.2 Å². The second-order valence-corrected chi connectivity index (χ2v) is 5.84. The average molecular weight is 360 g/mol. The van der Waals surface area contributed by atoms with E-state index in [1.807, 2.05) is 0 Å². The fourth-order valence-electron chi connectivity index (χ4n) is 1.75. The number of aromatic amines is 1. The van der Waals surface area contributed by atoms with Gasteiger partial charge in [0.25, 0.3) is 11.4 Å². The van der Waals surface area contributed by atoms with Gasteiger partial charge in [-0.1, -0.05) is 0 Å². The Hall–Kier alpha value is -0.980. The maximum atomic E-state index is 14.8. The second kappa shape index (κ2) is 5.91. The molecule has 2 heterocycles. The van der Waals surface area contributed by atoms with Crippen molar-refractivity contribution in [2.45, 2.75) is 24.3 Å². The normalized spacial score (nSPS) is 34.3. The Kier molecular flexibility index (Phi) is 3.92. The van der Waals surface area contributed by atoms with Gasteiger partial charge in [-0.2, -0.15) is 0 Å². The van der Waals surface area contributed by atoms with Crippen LogP contribution in [-0.2, 0) is 13.8 Å². The summed E-state index contributed by atoms with van der Waals surface area (Å²) in [6, 6.07) is 0.942. The largest absolute Gasteiger partial charge is 0.469 e. The molecule has 0 radical (unpaired) electrons. The van der Waals surface area contributed by atoms with E-state index in [1.165, 1.54) is 0 Å². The number of ether oxygens (including phenoxy) is 1. The van der Waals surface area contributed by atoms with E-state index in [9.17, 15) is 24.0 Å². The third-order valence-electron chi connectivity index (χ3n) is 2.72. The summed E-state index contributed by atoms with van der Waals surface area (Å²) in [5.74, 6) is -3.84. The fourth-order valence-corrected chi connectivity index (χ4v) is 2.25.